The van der Waals surface area contributed by atoms with Crippen LogP contribution in [0.1, 0.15) is 18.1 Å². The summed E-state index contributed by atoms with van der Waals surface area (Å²) in [6.07, 6.45) is 1.84. The first-order valence-corrected chi connectivity index (χ1v) is 7.50. The SMILES string of the molecule is Cc1ccc(CC(NN)C(C)S(C)(=O)=O)cc1. The molecule has 2 unspecified atom stereocenters. The van der Waals surface area contributed by atoms with E-state index in [0.717, 1.165) is 5.56 Å². The van der Waals surface area contributed by atoms with Gasteiger partial charge in [0.25, 0.3) is 0 Å². The Bertz CT molecular complexity index is 454. The van der Waals surface area contributed by atoms with Crippen molar-refractivity contribution < 1.29 is 8.42 Å². The first kappa shape index (κ1) is 14.2. The van der Waals surface area contributed by atoms with E-state index in [1.54, 1.807) is 6.92 Å². The van der Waals surface area contributed by atoms with Gasteiger partial charge in [-0.25, -0.2) is 8.42 Å². The van der Waals surface area contributed by atoms with Crippen LogP contribution in [0.25, 0.3) is 0 Å². The van der Waals surface area contributed by atoms with E-state index in [1.807, 2.05) is 31.2 Å². The number of benzene rings is 1. The number of hydrogen-bond acceptors (Lipinski definition) is 4. The van der Waals surface area contributed by atoms with Crippen molar-refractivity contribution in [1.82, 2.24) is 5.43 Å². The van der Waals surface area contributed by atoms with Gasteiger partial charge in [0, 0.05) is 12.3 Å². The Balaban J connectivity index is 2.80. The van der Waals surface area contributed by atoms with E-state index in [4.69, 9.17) is 5.84 Å². The maximum atomic E-state index is 11.5. The van der Waals surface area contributed by atoms with E-state index < -0.39 is 15.1 Å². The molecule has 96 valence electrons. The smallest absolute Gasteiger partial charge is 0.151 e. The lowest BCUT2D eigenvalue weighted by Crippen LogP contribution is -2.47. The molecule has 1 aromatic carbocycles. The first-order chi connectivity index (χ1) is 7.84. The molecule has 0 aliphatic heterocycles. The molecule has 0 aliphatic rings. The van der Waals surface area contributed by atoms with E-state index in [2.05, 4.69) is 5.43 Å². The van der Waals surface area contributed by atoms with Gasteiger partial charge in [-0.1, -0.05) is 29.8 Å². The third-order valence-electron chi connectivity index (χ3n) is 3.03. The summed E-state index contributed by atoms with van der Waals surface area (Å²) in [6, 6.07) is 7.73. The van der Waals surface area contributed by atoms with Gasteiger partial charge in [0.15, 0.2) is 9.84 Å². The van der Waals surface area contributed by atoms with Crippen molar-refractivity contribution in [2.75, 3.05) is 6.26 Å². The van der Waals surface area contributed by atoms with Crippen LogP contribution in [0.3, 0.4) is 0 Å². The molecule has 0 saturated carbocycles. The normalized spacial score (nSPS) is 15.5. The van der Waals surface area contributed by atoms with Crippen molar-refractivity contribution >= 4 is 9.84 Å². The van der Waals surface area contributed by atoms with Crippen LogP contribution in [-0.2, 0) is 16.3 Å². The van der Waals surface area contributed by atoms with E-state index in [0.29, 0.717) is 6.42 Å². The van der Waals surface area contributed by atoms with Crippen LogP contribution >= 0.6 is 0 Å². The molecule has 0 spiro atoms. The second-order valence-electron chi connectivity index (χ2n) is 4.50. The third kappa shape index (κ3) is 4.11. The summed E-state index contributed by atoms with van der Waals surface area (Å²) in [5.74, 6) is 5.43. The number of nitrogens with two attached hydrogens (primary N) is 1. The van der Waals surface area contributed by atoms with Crippen LogP contribution in [0.4, 0.5) is 0 Å². The standard InChI is InChI=1S/C12H20N2O2S/c1-9-4-6-11(7-5-9)8-12(14-13)10(2)17(3,15)16/h4-7,10,12,14H,8,13H2,1-3H3. The number of aryl methyl sites for hydroxylation is 1. The molecule has 0 amide bonds. The summed E-state index contributed by atoms with van der Waals surface area (Å²) in [7, 11) is -3.08. The molecule has 5 heteroatoms. The molecule has 4 nitrogen and oxygen atoms in total. The predicted molar refractivity (Wildman–Crippen MR) is 70.3 cm³/mol. The summed E-state index contributed by atoms with van der Waals surface area (Å²) in [5.41, 5.74) is 4.85. The largest absolute Gasteiger partial charge is 0.271 e. The van der Waals surface area contributed by atoms with Crippen LogP contribution in [0.2, 0.25) is 0 Å². The Morgan fingerprint density at radius 1 is 1.29 bits per heavy atom. The Morgan fingerprint density at radius 3 is 2.24 bits per heavy atom. The van der Waals surface area contributed by atoms with Gasteiger partial charge in [0.2, 0.25) is 0 Å². The maximum absolute atomic E-state index is 11.5. The minimum atomic E-state index is -3.08. The second-order valence-corrected chi connectivity index (χ2v) is 6.90. The topological polar surface area (TPSA) is 72.2 Å². The molecule has 0 fully saturated rings. The Kier molecular flexibility index (Phi) is 4.68. The second kappa shape index (κ2) is 5.62. The molecule has 0 heterocycles. The fourth-order valence-corrected chi connectivity index (χ4v) is 2.41. The van der Waals surface area contributed by atoms with E-state index >= 15 is 0 Å². The number of nitrogens with one attached hydrogen (secondary N) is 1. The average molecular weight is 256 g/mol. The molecule has 1 aromatic rings. The van der Waals surface area contributed by atoms with E-state index in [9.17, 15) is 8.42 Å². The van der Waals surface area contributed by atoms with Gasteiger partial charge in [-0.15, -0.1) is 0 Å². The summed E-state index contributed by atoms with van der Waals surface area (Å²) >= 11 is 0. The van der Waals surface area contributed by atoms with Gasteiger partial charge in [-0.05, 0) is 25.8 Å². The van der Waals surface area contributed by atoms with Crippen LogP contribution in [0, 0.1) is 6.92 Å². The highest BCUT2D eigenvalue weighted by Gasteiger charge is 2.25. The molecule has 2 atom stereocenters. The van der Waals surface area contributed by atoms with Crippen LogP contribution in [-0.4, -0.2) is 26.0 Å². The van der Waals surface area contributed by atoms with Gasteiger partial charge >= 0.3 is 0 Å². The van der Waals surface area contributed by atoms with Crippen molar-refractivity contribution in [3.8, 4) is 0 Å². The lowest BCUT2D eigenvalue weighted by atomic mass is 10.0. The fraction of sp³-hybridized carbons (Fsp3) is 0.500. The van der Waals surface area contributed by atoms with Crippen LogP contribution in [0.5, 0.6) is 0 Å². The third-order valence-corrected chi connectivity index (χ3v) is 4.71. The molecule has 0 aromatic heterocycles. The zero-order valence-corrected chi connectivity index (χ0v) is 11.3. The molecule has 0 aliphatic carbocycles. The van der Waals surface area contributed by atoms with Gasteiger partial charge in [-0.3, -0.25) is 11.3 Å². The summed E-state index contributed by atoms with van der Waals surface area (Å²) in [6.45, 7) is 3.69. The van der Waals surface area contributed by atoms with Crippen molar-refractivity contribution in [2.45, 2.75) is 31.6 Å². The van der Waals surface area contributed by atoms with E-state index in [1.165, 1.54) is 11.8 Å². The van der Waals surface area contributed by atoms with Crippen molar-refractivity contribution in [1.29, 1.82) is 0 Å². The van der Waals surface area contributed by atoms with Gasteiger partial charge in [-0.2, -0.15) is 0 Å². The summed E-state index contributed by atoms with van der Waals surface area (Å²) < 4.78 is 23.0. The number of hydrogen-bond donors (Lipinski definition) is 2. The van der Waals surface area contributed by atoms with Crippen molar-refractivity contribution in [2.24, 2.45) is 5.84 Å². The number of rotatable bonds is 5. The summed E-state index contributed by atoms with van der Waals surface area (Å²) in [4.78, 5) is 0. The molecule has 3 N–H and O–H groups in total. The molecule has 17 heavy (non-hydrogen) atoms. The predicted octanol–water partition coefficient (Wildman–Crippen LogP) is 0.803. The lowest BCUT2D eigenvalue weighted by Gasteiger charge is -2.21. The van der Waals surface area contributed by atoms with Crippen LogP contribution in [0.15, 0.2) is 24.3 Å². The van der Waals surface area contributed by atoms with E-state index in [-0.39, 0.29) is 6.04 Å². The summed E-state index contributed by atoms with van der Waals surface area (Å²) in [5, 5.41) is -0.506. The first-order valence-electron chi connectivity index (χ1n) is 5.55. The molecule has 0 saturated heterocycles. The van der Waals surface area contributed by atoms with Gasteiger partial charge in [0.1, 0.15) is 0 Å². The number of sulfone groups is 1. The average Bonchev–Trinajstić information content (AvgIpc) is 2.26. The highest BCUT2D eigenvalue weighted by molar-refractivity contribution is 7.91. The fourth-order valence-electron chi connectivity index (χ4n) is 1.64. The Hall–Kier alpha value is -0.910. The number of hydrazine groups is 1. The highest BCUT2D eigenvalue weighted by atomic mass is 32.2. The Labute approximate surface area is 103 Å². The molecule has 1 rings (SSSR count). The quantitative estimate of drug-likeness (QED) is 0.604. The van der Waals surface area contributed by atoms with Gasteiger partial charge in [0.05, 0.1) is 5.25 Å². The van der Waals surface area contributed by atoms with Crippen LogP contribution < -0.4 is 11.3 Å². The molecule has 0 bridgehead atoms. The Morgan fingerprint density at radius 2 is 1.82 bits per heavy atom. The zero-order chi connectivity index (χ0) is 13.1. The van der Waals surface area contributed by atoms with Crippen molar-refractivity contribution in [3.05, 3.63) is 35.4 Å². The maximum Gasteiger partial charge on any atom is 0.151 e. The lowest BCUT2D eigenvalue weighted by molar-refractivity contribution is 0.494. The highest BCUT2D eigenvalue weighted by Crippen LogP contribution is 2.11. The zero-order valence-electron chi connectivity index (χ0n) is 10.5. The minimum Gasteiger partial charge on any atom is -0.271 e. The minimum absolute atomic E-state index is 0.271. The van der Waals surface area contributed by atoms with Gasteiger partial charge < -0.3 is 0 Å². The molecular weight excluding hydrogens is 236 g/mol. The monoisotopic (exact) mass is 256 g/mol. The molecular formula is C12H20N2O2S. The molecule has 0 radical (unpaired) electrons. The van der Waals surface area contributed by atoms with Crippen molar-refractivity contribution in [3.63, 3.8) is 0 Å².